The molecular formula is C11H22F3NS. The first-order chi connectivity index (χ1) is 7.16. The lowest BCUT2D eigenvalue weighted by atomic mass is 10.1. The van der Waals surface area contributed by atoms with Crippen LogP contribution < -0.4 is 5.32 Å². The molecule has 1 atom stereocenters. The van der Waals surface area contributed by atoms with E-state index in [1.54, 1.807) is 11.8 Å². The van der Waals surface area contributed by atoms with Gasteiger partial charge >= 0.3 is 6.18 Å². The van der Waals surface area contributed by atoms with Crippen molar-refractivity contribution >= 4 is 11.8 Å². The highest BCUT2D eigenvalue weighted by molar-refractivity contribution is 7.99. The minimum absolute atomic E-state index is 0.137. The number of nitrogens with one attached hydrogen (secondary N) is 1. The number of alkyl halides is 3. The molecule has 5 heteroatoms. The second-order valence-electron chi connectivity index (χ2n) is 4.75. The Kier molecular flexibility index (Phi) is 6.79. The van der Waals surface area contributed by atoms with Crippen molar-refractivity contribution in [3.8, 4) is 0 Å². The topological polar surface area (TPSA) is 12.0 Å². The maximum absolute atomic E-state index is 11.9. The zero-order chi connectivity index (χ0) is 12.8. The standard InChI is InChI=1S/C11H22F3NS/c1-9(6-5-7-11(12,13)14)15-8-10(2,3)16-4/h9,15H,5-8H2,1-4H3. The molecular weight excluding hydrogens is 235 g/mol. The third-order valence-corrected chi connectivity index (χ3v) is 3.78. The van der Waals surface area contributed by atoms with Gasteiger partial charge in [0.2, 0.25) is 0 Å². The highest BCUT2D eigenvalue weighted by atomic mass is 32.2. The normalized spacial score (nSPS) is 15.2. The monoisotopic (exact) mass is 257 g/mol. The average molecular weight is 257 g/mol. The van der Waals surface area contributed by atoms with Crippen molar-refractivity contribution in [1.29, 1.82) is 0 Å². The molecule has 1 nitrogen and oxygen atoms in total. The quantitative estimate of drug-likeness (QED) is 0.743. The van der Waals surface area contributed by atoms with Crippen LogP contribution in [0.25, 0.3) is 0 Å². The van der Waals surface area contributed by atoms with E-state index in [0.29, 0.717) is 6.42 Å². The van der Waals surface area contributed by atoms with Crippen molar-refractivity contribution in [2.75, 3.05) is 12.8 Å². The SMILES string of the molecule is CSC(C)(C)CNC(C)CCCC(F)(F)F. The van der Waals surface area contributed by atoms with Gasteiger partial charge in [0.15, 0.2) is 0 Å². The van der Waals surface area contributed by atoms with E-state index < -0.39 is 12.6 Å². The summed E-state index contributed by atoms with van der Waals surface area (Å²) in [6.45, 7) is 6.99. The molecule has 0 rings (SSSR count). The lowest BCUT2D eigenvalue weighted by molar-refractivity contribution is -0.135. The molecule has 0 bridgehead atoms. The third kappa shape index (κ3) is 9.33. The van der Waals surface area contributed by atoms with Crippen LogP contribution in [0.5, 0.6) is 0 Å². The molecule has 0 heterocycles. The fourth-order valence-corrected chi connectivity index (χ4v) is 1.43. The summed E-state index contributed by atoms with van der Waals surface area (Å²) in [7, 11) is 0. The van der Waals surface area contributed by atoms with Crippen molar-refractivity contribution in [2.24, 2.45) is 0 Å². The molecule has 0 aliphatic carbocycles. The van der Waals surface area contributed by atoms with Crippen molar-refractivity contribution in [3.63, 3.8) is 0 Å². The Labute approximate surface area is 101 Å². The van der Waals surface area contributed by atoms with Crippen LogP contribution in [0.4, 0.5) is 13.2 Å². The van der Waals surface area contributed by atoms with Crippen molar-refractivity contribution < 1.29 is 13.2 Å². The van der Waals surface area contributed by atoms with E-state index in [0.717, 1.165) is 6.54 Å². The number of thioether (sulfide) groups is 1. The Balaban J connectivity index is 3.64. The highest BCUT2D eigenvalue weighted by Crippen LogP contribution is 2.23. The maximum Gasteiger partial charge on any atom is 0.389 e. The predicted molar refractivity (Wildman–Crippen MR) is 65.0 cm³/mol. The van der Waals surface area contributed by atoms with Gasteiger partial charge in [0.25, 0.3) is 0 Å². The second-order valence-corrected chi connectivity index (χ2v) is 6.27. The Morgan fingerprint density at radius 2 is 1.81 bits per heavy atom. The third-order valence-electron chi connectivity index (χ3n) is 2.53. The minimum Gasteiger partial charge on any atom is -0.313 e. The Morgan fingerprint density at radius 3 is 2.25 bits per heavy atom. The summed E-state index contributed by atoms with van der Waals surface area (Å²) in [5.41, 5.74) is 0. The Bertz CT molecular complexity index is 192. The van der Waals surface area contributed by atoms with Crippen LogP contribution in [0.3, 0.4) is 0 Å². The fourth-order valence-electron chi connectivity index (χ4n) is 1.20. The van der Waals surface area contributed by atoms with Crippen LogP contribution >= 0.6 is 11.8 Å². The van der Waals surface area contributed by atoms with Crippen molar-refractivity contribution in [3.05, 3.63) is 0 Å². The predicted octanol–water partition coefficient (Wildman–Crippen LogP) is 3.84. The first kappa shape index (κ1) is 16.1. The van der Waals surface area contributed by atoms with Crippen LogP contribution in [-0.2, 0) is 0 Å². The van der Waals surface area contributed by atoms with E-state index in [9.17, 15) is 13.2 Å². The fraction of sp³-hybridized carbons (Fsp3) is 1.00. The number of hydrogen-bond donors (Lipinski definition) is 1. The molecule has 0 amide bonds. The van der Waals surface area contributed by atoms with Gasteiger partial charge in [0.1, 0.15) is 0 Å². The summed E-state index contributed by atoms with van der Waals surface area (Å²) in [5, 5.41) is 3.27. The van der Waals surface area contributed by atoms with Gasteiger partial charge in [-0.3, -0.25) is 0 Å². The van der Waals surface area contributed by atoms with E-state index in [1.165, 1.54) is 0 Å². The smallest absolute Gasteiger partial charge is 0.313 e. The zero-order valence-corrected chi connectivity index (χ0v) is 11.3. The average Bonchev–Trinajstić information content (AvgIpc) is 2.13. The first-order valence-corrected chi connectivity index (χ1v) is 6.74. The highest BCUT2D eigenvalue weighted by Gasteiger charge is 2.26. The first-order valence-electron chi connectivity index (χ1n) is 5.51. The summed E-state index contributed by atoms with van der Waals surface area (Å²) < 4.78 is 35.9. The lowest BCUT2D eigenvalue weighted by Crippen LogP contribution is -2.37. The molecule has 16 heavy (non-hydrogen) atoms. The largest absolute Gasteiger partial charge is 0.389 e. The van der Waals surface area contributed by atoms with E-state index in [-0.39, 0.29) is 17.2 Å². The summed E-state index contributed by atoms with van der Waals surface area (Å²) in [5.74, 6) is 0. The molecule has 0 saturated heterocycles. The molecule has 0 aliphatic rings. The minimum atomic E-state index is -4.02. The summed E-state index contributed by atoms with van der Waals surface area (Å²) >= 11 is 1.75. The number of hydrogen-bond acceptors (Lipinski definition) is 2. The molecule has 0 aliphatic heterocycles. The van der Waals surface area contributed by atoms with E-state index in [2.05, 4.69) is 19.2 Å². The summed E-state index contributed by atoms with van der Waals surface area (Å²) in [6.07, 6.45) is -1.87. The Morgan fingerprint density at radius 1 is 1.25 bits per heavy atom. The molecule has 98 valence electrons. The van der Waals surface area contributed by atoms with Gasteiger partial charge in [-0.25, -0.2) is 0 Å². The van der Waals surface area contributed by atoms with Gasteiger partial charge < -0.3 is 5.32 Å². The molecule has 0 saturated carbocycles. The van der Waals surface area contributed by atoms with E-state index in [4.69, 9.17) is 0 Å². The number of rotatable bonds is 7. The molecule has 0 aromatic rings. The van der Waals surface area contributed by atoms with Gasteiger partial charge in [0, 0.05) is 23.8 Å². The second kappa shape index (κ2) is 6.74. The van der Waals surface area contributed by atoms with Gasteiger partial charge in [-0.05, 0) is 39.9 Å². The summed E-state index contributed by atoms with van der Waals surface area (Å²) in [4.78, 5) is 0. The van der Waals surface area contributed by atoms with Gasteiger partial charge in [0.05, 0.1) is 0 Å². The number of halogens is 3. The van der Waals surface area contributed by atoms with Crippen LogP contribution in [-0.4, -0.2) is 29.8 Å². The van der Waals surface area contributed by atoms with Gasteiger partial charge in [-0.15, -0.1) is 0 Å². The van der Waals surface area contributed by atoms with E-state index in [1.807, 2.05) is 13.2 Å². The zero-order valence-electron chi connectivity index (χ0n) is 10.4. The molecule has 0 fully saturated rings. The van der Waals surface area contributed by atoms with Crippen molar-refractivity contribution in [2.45, 2.75) is 57.0 Å². The van der Waals surface area contributed by atoms with Gasteiger partial charge in [-0.2, -0.15) is 24.9 Å². The summed E-state index contributed by atoms with van der Waals surface area (Å²) in [6, 6.07) is 0.147. The molecule has 1 unspecified atom stereocenters. The molecule has 1 N–H and O–H groups in total. The lowest BCUT2D eigenvalue weighted by Gasteiger charge is -2.25. The molecule has 0 spiro atoms. The Hall–Kier alpha value is 0.100. The van der Waals surface area contributed by atoms with Crippen LogP contribution in [0.15, 0.2) is 0 Å². The maximum atomic E-state index is 11.9. The van der Waals surface area contributed by atoms with Crippen LogP contribution in [0.2, 0.25) is 0 Å². The molecule has 0 aromatic carbocycles. The van der Waals surface area contributed by atoms with Gasteiger partial charge in [-0.1, -0.05) is 0 Å². The van der Waals surface area contributed by atoms with Crippen LogP contribution in [0.1, 0.15) is 40.0 Å². The van der Waals surface area contributed by atoms with Crippen molar-refractivity contribution in [1.82, 2.24) is 5.32 Å². The van der Waals surface area contributed by atoms with Crippen LogP contribution in [0, 0.1) is 0 Å². The molecule has 0 radical (unpaired) electrons. The van der Waals surface area contributed by atoms with E-state index >= 15 is 0 Å². The molecule has 0 aromatic heterocycles.